The van der Waals surface area contributed by atoms with Crippen LogP contribution in [0.1, 0.15) is 45.0 Å². The second-order valence-corrected chi connectivity index (χ2v) is 4.39. The summed E-state index contributed by atoms with van der Waals surface area (Å²) in [6, 6.07) is 0. The molecule has 3 heteroatoms. The summed E-state index contributed by atoms with van der Waals surface area (Å²) >= 11 is 0. The van der Waals surface area contributed by atoms with Crippen molar-refractivity contribution in [3.8, 4) is 0 Å². The number of aromatic nitrogens is 2. The normalized spacial score (nSPS) is 11.1. The van der Waals surface area contributed by atoms with Crippen molar-refractivity contribution in [1.29, 1.82) is 0 Å². The van der Waals surface area contributed by atoms with Crippen LogP contribution in [-0.4, -0.2) is 15.8 Å². The molecular weight excluding hydrogens is 188 g/mol. The lowest BCUT2D eigenvalue weighted by Gasteiger charge is -2.07. The Morgan fingerprint density at radius 3 is 2.47 bits per heavy atom. The molecule has 0 aromatic carbocycles. The van der Waals surface area contributed by atoms with Crippen molar-refractivity contribution in [3.05, 3.63) is 23.8 Å². The predicted molar refractivity (Wildman–Crippen MR) is 59.7 cm³/mol. The van der Waals surface area contributed by atoms with E-state index in [9.17, 15) is 4.79 Å². The van der Waals surface area contributed by atoms with Gasteiger partial charge in [0, 0.05) is 18.3 Å². The molecule has 1 aromatic heterocycles. The summed E-state index contributed by atoms with van der Waals surface area (Å²) in [6.07, 6.45) is 3.82. The van der Waals surface area contributed by atoms with Crippen LogP contribution >= 0.6 is 0 Å². The fraction of sp³-hybridized carbons (Fsp3) is 0.583. The van der Waals surface area contributed by atoms with Gasteiger partial charge in [0.05, 0.1) is 17.8 Å². The van der Waals surface area contributed by atoms with E-state index < -0.39 is 0 Å². The highest BCUT2D eigenvalue weighted by molar-refractivity contribution is 5.82. The highest BCUT2D eigenvalue weighted by atomic mass is 16.1. The first kappa shape index (κ1) is 11.8. The summed E-state index contributed by atoms with van der Waals surface area (Å²) in [5.74, 6) is 0.631. The Hall–Kier alpha value is -1.25. The van der Waals surface area contributed by atoms with Crippen molar-refractivity contribution < 1.29 is 4.79 Å². The van der Waals surface area contributed by atoms with Gasteiger partial charge in [-0.05, 0) is 5.92 Å². The van der Waals surface area contributed by atoms with Gasteiger partial charge < -0.3 is 0 Å². The van der Waals surface area contributed by atoms with Gasteiger partial charge in [-0.2, -0.15) is 0 Å². The fourth-order valence-corrected chi connectivity index (χ4v) is 1.17. The van der Waals surface area contributed by atoms with Crippen molar-refractivity contribution in [1.82, 2.24) is 9.97 Å². The largest absolute Gasteiger partial charge is 0.299 e. The minimum absolute atomic E-state index is 0.0644. The number of carbonyl (C=O) groups excluding carboxylic acids is 1. The molecule has 0 N–H and O–H groups in total. The maximum atomic E-state index is 11.5. The Kier molecular flexibility index (Phi) is 3.95. The van der Waals surface area contributed by atoms with Crippen LogP contribution in [-0.2, 0) is 11.2 Å². The lowest BCUT2D eigenvalue weighted by Crippen LogP contribution is -2.12. The number of ketones is 1. The lowest BCUT2D eigenvalue weighted by molar-refractivity contribution is -0.121. The molecule has 0 amide bonds. The summed E-state index contributed by atoms with van der Waals surface area (Å²) in [5.41, 5.74) is 1.73. The highest BCUT2D eigenvalue weighted by Crippen LogP contribution is 2.11. The van der Waals surface area contributed by atoms with Gasteiger partial charge in [-0.3, -0.25) is 14.8 Å². The molecule has 0 atom stereocenters. The predicted octanol–water partition coefficient (Wildman–Crippen LogP) is 2.37. The van der Waals surface area contributed by atoms with Crippen LogP contribution in [0.25, 0.3) is 0 Å². The first-order valence-corrected chi connectivity index (χ1v) is 5.34. The molecule has 3 nitrogen and oxygen atoms in total. The second kappa shape index (κ2) is 5.01. The zero-order valence-corrected chi connectivity index (χ0v) is 9.82. The average molecular weight is 206 g/mol. The molecule has 0 unspecified atom stereocenters. The SMILES string of the molecule is CC(C)C(=O)Cc1cncc(C(C)C)n1. The number of rotatable bonds is 4. The molecular formula is C12H18N2O. The van der Waals surface area contributed by atoms with Crippen LogP contribution in [0.5, 0.6) is 0 Å². The van der Waals surface area contributed by atoms with Gasteiger partial charge in [-0.25, -0.2) is 0 Å². The molecule has 0 aliphatic rings. The zero-order chi connectivity index (χ0) is 11.4. The maximum Gasteiger partial charge on any atom is 0.141 e. The third-order valence-corrected chi connectivity index (χ3v) is 2.29. The summed E-state index contributed by atoms with van der Waals surface area (Å²) in [5, 5.41) is 0. The molecule has 0 saturated heterocycles. The van der Waals surface area contributed by atoms with E-state index in [1.807, 2.05) is 13.8 Å². The first-order valence-electron chi connectivity index (χ1n) is 5.34. The number of hydrogen-bond donors (Lipinski definition) is 0. The van der Waals surface area contributed by atoms with E-state index in [-0.39, 0.29) is 11.7 Å². The van der Waals surface area contributed by atoms with Crippen molar-refractivity contribution >= 4 is 5.78 Å². The fourth-order valence-electron chi connectivity index (χ4n) is 1.17. The van der Waals surface area contributed by atoms with E-state index in [1.165, 1.54) is 0 Å². The summed E-state index contributed by atoms with van der Waals surface area (Å²) in [7, 11) is 0. The number of hydrogen-bond acceptors (Lipinski definition) is 3. The van der Waals surface area contributed by atoms with E-state index in [2.05, 4.69) is 23.8 Å². The molecule has 15 heavy (non-hydrogen) atoms. The minimum atomic E-state index is 0.0644. The molecule has 0 radical (unpaired) electrons. The van der Waals surface area contributed by atoms with Gasteiger partial charge in [-0.1, -0.05) is 27.7 Å². The lowest BCUT2D eigenvalue weighted by atomic mass is 10.0. The van der Waals surface area contributed by atoms with Crippen molar-refractivity contribution in [2.45, 2.75) is 40.0 Å². The third kappa shape index (κ3) is 3.42. The Morgan fingerprint density at radius 2 is 1.93 bits per heavy atom. The van der Waals surface area contributed by atoms with E-state index >= 15 is 0 Å². The first-order chi connectivity index (χ1) is 7.00. The Morgan fingerprint density at radius 1 is 1.27 bits per heavy atom. The maximum absolute atomic E-state index is 11.5. The van der Waals surface area contributed by atoms with Gasteiger partial charge in [0.15, 0.2) is 0 Å². The Labute approximate surface area is 91.0 Å². The quantitative estimate of drug-likeness (QED) is 0.759. The molecule has 82 valence electrons. The van der Waals surface area contributed by atoms with Crippen LogP contribution in [0.15, 0.2) is 12.4 Å². The Bertz CT molecular complexity index is 345. The molecule has 0 aliphatic carbocycles. The van der Waals surface area contributed by atoms with Gasteiger partial charge in [-0.15, -0.1) is 0 Å². The minimum Gasteiger partial charge on any atom is -0.299 e. The van der Waals surface area contributed by atoms with E-state index in [0.29, 0.717) is 12.3 Å². The standard InChI is InChI=1S/C12H18N2O/c1-8(2)11-7-13-6-10(14-11)5-12(15)9(3)4/h6-9H,5H2,1-4H3. The molecule has 0 fully saturated rings. The summed E-state index contributed by atoms with van der Waals surface area (Å²) < 4.78 is 0. The van der Waals surface area contributed by atoms with Crippen LogP contribution in [0, 0.1) is 5.92 Å². The third-order valence-electron chi connectivity index (χ3n) is 2.29. The average Bonchev–Trinajstić information content (AvgIpc) is 2.18. The molecule has 0 aliphatic heterocycles. The molecule has 0 saturated carbocycles. The van der Waals surface area contributed by atoms with Crippen LogP contribution in [0.4, 0.5) is 0 Å². The number of Topliss-reactive ketones (excluding diaryl/α,β-unsaturated/α-hetero) is 1. The molecule has 0 bridgehead atoms. The summed E-state index contributed by atoms with van der Waals surface area (Å²) in [6.45, 7) is 7.94. The van der Waals surface area contributed by atoms with Crippen LogP contribution in [0.3, 0.4) is 0 Å². The molecule has 1 aromatic rings. The van der Waals surface area contributed by atoms with Gasteiger partial charge in [0.25, 0.3) is 0 Å². The van der Waals surface area contributed by atoms with E-state index in [0.717, 1.165) is 11.4 Å². The number of carbonyl (C=O) groups is 1. The molecule has 1 rings (SSSR count). The van der Waals surface area contributed by atoms with Gasteiger partial charge in [0.2, 0.25) is 0 Å². The van der Waals surface area contributed by atoms with Crippen molar-refractivity contribution in [2.75, 3.05) is 0 Å². The van der Waals surface area contributed by atoms with Crippen molar-refractivity contribution in [2.24, 2.45) is 5.92 Å². The van der Waals surface area contributed by atoms with E-state index in [1.54, 1.807) is 12.4 Å². The second-order valence-electron chi connectivity index (χ2n) is 4.39. The van der Waals surface area contributed by atoms with Crippen molar-refractivity contribution in [3.63, 3.8) is 0 Å². The van der Waals surface area contributed by atoms with Gasteiger partial charge >= 0.3 is 0 Å². The number of nitrogens with zero attached hydrogens (tertiary/aromatic N) is 2. The topological polar surface area (TPSA) is 42.9 Å². The van der Waals surface area contributed by atoms with Gasteiger partial charge in [0.1, 0.15) is 5.78 Å². The molecule has 0 spiro atoms. The smallest absolute Gasteiger partial charge is 0.141 e. The van der Waals surface area contributed by atoms with E-state index in [4.69, 9.17) is 0 Å². The monoisotopic (exact) mass is 206 g/mol. The van der Waals surface area contributed by atoms with Crippen LogP contribution in [0.2, 0.25) is 0 Å². The Balaban J connectivity index is 2.78. The highest BCUT2D eigenvalue weighted by Gasteiger charge is 2.10. The zero-order valence-electron chi connectivity index (χ0n) is 9.82. The molecule has 1 heterocycles. The summed E-state index contributed by atoms with van der Waals surface area (Å²) in [4.78, 5) is 20.0. The van der Waals surface area contributed by atoms with Crippen LogP contribution < -0.4 is 0 Å².